The van der Waals surface area contributed by atoms with Gasteiger partial charge in [0.05, 0.1) is 14.2 Å². The van der Waals surface area contributed by atoms with E-state index in [1.165, 1.54) is 42.4 Å². The summed E-state index contributed by atoms with van der Waals surface area (Å²) in [5.74, 6) is 2.34. The first kappa shape index (κ1) is 22.9. The number of nitrogens with zero attached hydrogens (tertiary/aromatic N) is 1. The summed E-state index contributed by atoms with van der Waals surface area (Å²) in [5, 5.41) is 14.2. The molecule has 0 saturated heterocycles. The Labute approximate surface area is 191 Å². The molecule has 0 aromatic heterocycles. The summed E-state index contributed by atoms with van der Waals surface area (Å²) in [4.78, 5) is 2.27. The van der Waals surface area contributed by atoms with Crippen LogP contribution in [0.1, 0.15) is 42.4 Å². The van der Waals surface area contributed by atoms with E-state index in [0.717, 1.165) is 43.3 Å². The predicted octanol–water partition coefficient (Wildman–Crippen LogP) is 3.53. The third kappa shape index (κ3) is 5.94. The van der Waals surface area contributed by atoms with E-state index in [0.29, 0.717) is 12.6 Å². The zero-order chi connectivity index (χ0) is 22.3. The Balaban J connectivity index is 1.25. The summed E-state index contributed by atoms with van der Waals surface area (Å²) in [5.41, 5.74) is 3.73. The van der Waals surface area contributed by atoms with Crippen molar-refractivity contribution in [1.29, 1.82) is 0 Å². The van der Waals surface area contributed by atoms with E-state index in [1.807, 2.05) is 18.2 Å². The van der Waals surface area contributed by atoms with Crippen LogP contribution in [0.5, 0.6) is 17.2 Å². The molecule has 2 aliphatic rings. The molecule has 2 aromatic carbocycles. The molecule has 6 heteroatoms. The third-order valence-electron chi connectivity index (χ3n) is 6.56. The van der Waals surface area contributed by atoms with Gasteiger partial charge in [0.2, 0.25) is 0 Å². The number of benzene rings is 2. The Kier molecular flexibility index (Phi) is 7.90. The number of fused-ring (bicyclic) bond motifs is 1. The van der Waals surface area contributed by atoms with Gasteiger partial charge >= 0.3 is 0 Å². The molecular formula is C26H36N2O4. The van der Waals surface area contributed by atoms with Crippen LogP contribution in [-0.4, -0.2) is 56.1 Å². The van der Waals surface area contributed by atoms with E-state index < -0.39 is 6.10 Å². The summed E-state index contributed by atoms with van der Waals surface area (Å²) < 4.78 is 16.8. The summed E-state index contributed by atoms with van der Waals surface area (Å²) in [6, 6.07) is 13.0. The van der Waals surface area contributed by atoms with Crippen LogP contribution in [0.4, 0.5) is 0 Å². The maximum absolute atomic E-state index is 10.6. The van der Waals surface area contributed by atoms with Gasteiger partial charge in [-0.1, -0.05) is 25.0 Å². The molecule has 0 spiro atoms. The summed E-state index contributed by atoms with van der Waals surface area (Å²) in [6.07, 6.45) is 5.62. The van der Waals surface area contributed by atoms with Gasteiger partial charge in [0.15, 0.2) is 11.5 Å². The van der Waals surface area contributed by atoms with Crippen LogP contribution >= 0.6 is 0 Å². The Morgan fingerprint density at radius 3 is 2.56 bits per heavy atom. The SMILES string of the molecule is COc1cc2c(cc1OC)CN(CC(O)COc1cccc(CNC3CCCC3)c1)CC2. The molecule has 2 aromatic rings. The molecule has 1 fully saturated rings. The van der Waals surface area contributed by atoms with Gasteiger partial charge in [-0.05, 0) is 60.2 Å². The first-order valence-corrected chi connectivity index (χ1v) is 11.7. The topological polar surface area (TPSA) is 63.2 Å². The quantitative estimate of drug-likeness (QED) is 0.589. The molecule has 1 atom stereocenters. The molecule has 6 nitrogen and oxygen atoms in total. The van der Waals surface area contributed by atoms with E-state index in [1.54, 1.807) is 14.2 Å². The van der Waals surface area contributed by atoms with Crippen LogP contribution in [0.3, 0.4) is 0 Å². The van der Waals surface area contributed by atoms with Crippen molar-refractivity contribution in [2.45, 2.75) is 57.3 Å². The molecule has 0 amide bonds. The van der Waals surface area contributed by atoms with Crippen LogP contribution in [0.25, 0.3) is 0 Å². The minimum Gasteiger partial charge on any atom is -0.493 e. The number of nitrogens with one attached hydrogen (secondary N) is 1. The molecule has 0 radical (unpaired) electrons. The molecule has 174 valence electrons. The van der Waals surface area contributed by atoms with Crippen molar-refractivity contribution >= 4 is 0 Å². The van der Waals surface area contributed by atoms with Gasteiger partial charge in [0, 0.05) is 32.2 Å². The number of aliphatic hydroxyl groups excluding tert-OH is 1. The lowest BCUT2D eigenvalue weighted by Gasteiger charge is -2.31. The smallest absolute Gasteiger partial charge is 0.161 e. The highest BCUT2D eigenvalue weighted by Gasteiger charge is 2.21. The molecule has 1 saturated carbocycles. The first-order chi connectivity index (χ1) is 15.6. The average Bonchev–Trinajstić information content (AvgIpc) is 3.34. The minimum atomic E-state index is -0.544. The van der Waals surface area contributed by atoms with Crippen molar-refractivity contribution in [2.75, 3.05) is 33.9 Å². The molecular weight excluding hydrogens is 404 g/mol. The van der Waals surface area contributed by atoms with Crippen molar-refractivity contribution in [3.8, 4) is 17.2 Å². The second kappa shape index (κ2) is 11.0. The zero-order valence-corrected chi connectivity index (χ0v) is 19.3. The van der Waals surface area contributed by atoms with Gasteiger partial charge in [-0.25, -0.2) is 0 Å². The third-order valence-corrected chi connectivity index (χ3v) is 6.56. The van der Waals surface area contributed by atoms with Crippen molar-refractivity contribution in [2.24, 2.45) is 0 Å². The van der Waals surface area contributed by atoms with Crippen LogP contribution in [-0.2, 0) is 19.5 Å². The molecule has 1 unspecified atom stereocenters. The second-order valence-electron chi connectivity index (χ2n) is 8.94. The number of methoxy groups -OCH3 is 2. The molecule has 2 N–H and O–H groups in total. The van der Waals surface area contributed by atoms with Gasteiger partial charge in [-0.15, -0.1) is 0 Å². The van der Waals surface area contributed by atoms with Crippen LogP contribution in [0.15, 0.2) is 36.4 Å². The summed E-state index contributed by atoms with van der Waals surface area (Å²) in [6.45, 7) is 3.42. The van der Waals surface area contributed by atoms with Crippen LogP contribution in [0, 0.1) is 0 Å². The highest BCUT2D eigenvalue weighted by molar-refractivity contribution is 5.48. The normalized spacial score (nSPS) is 17.7. The lowest BCUT2D eigenvalue weighted by molar-refractivity contribution is 0.0637. The number of hydrogen-bond donors (Lipinski definition) is 2. The van der Waals surface area contributed by atoms with Crippen molar-refractivity contribution in [3.63, 3.8) is 0 Å². The number of β-amino-alcohol motifs (C(OH)–C–C–N with tert-alkyl or cyclic N) is 1. The Hall–Kier alpha value is -2.28. The highest BCUT2D eigenvalue weighted by atomic mass is 16.5. The van der Waals surface area contributed by atoms with Gasteiger partial charge < -0.3 is 24.6 Å². The van der Waals surface area contributed by atoms with Crippen LogP contribution < -0.4 is 19.5 Å². The molecule has 0 bridgehead atoms. The fraction of sp³-hybridized carbons (Fsp3) is 0.538. The van der Waals surface area contributed by atoms with Crippen molar-refractivity contribution in [3.05, 3.63) is 53.1 Å². The zero-order valence-electron chi connectivity index (χ0n) is 19.3. The lowest BCUT2D eigenvalue weighted by atomic mass is 9.98. The number of ether oxygens (including phenoxy) is 3. The Morgan fingerprint density at radius 1 is 1.06 bits per heavy atom. The molecule has 1 aliphatic carbocycles. The highest BCUT2D eigenvalue weighted by Crippen LogP contribution is 2.33. The van der Waals surface area contributed by atoms with E-state index in [2.05, 4.69) is 28.4 Å². The number of aliphatic hydroxyl groups is 1. The van der Waals surface area contributed by atoms with E-state index >= 15 is 0 Å². The van der Waals surface area contributed by atoms with Gasteiger partial charge in [-0.2, -0.15) is 0 Å². The molecule has 32 heavy (non-hydrogen) atoms. The molecule has 1 aliphatic heterocycles. The summed E-state index contributed by atoms with van der Waals surface area (Å²) >= 11 is 0. The second-order valence-corrected chi connectivity index (χ2v) is 8.94. The van der Waals surface area contributed by atoms with E-state index in [4.69, 9.17) is 14.2 Å². The van der Waals surface area contributed by atoms with Crippen LogP contribution in [0.2, 0.25) is 0 Å². The Bertz CT molecular complexity index is 882. The predicted molar refractivity (Wildman–Crippen MR) is 126 cm³/mol. The Morgan fingerprint density at radius 2 is 1.81 bits per heavy atom. The maximum Gasteiger partial charge on any atom is 0.161 e. The average molecular weight is 441 g/mol. The van der Waals surface area contributed by atoms with Crippen molar-refractivity contribution < 1.29 is 19.3 Å². The van der Waals surface area contributed by atoms with Crippen molar-refractivity contribution in [1.82, 2.24) is 10.2 Å². The summed E-state index contributed by atoms with van der Waals surface area (Å²) in [7, 11) is 3.32. The van der Waals surface area contributed by atoms with Gasteiger partial charge in [0.1, 0.15) is 18.5 Å². The molecule has 4 rings (SSSR count). The monoisotopic (exact) mass is 440 g/mol. The standard InChI is InChI=1S/C26H36N2O4/c1-30-25-13-20-10-11-28(16-21(20)14-26(25)31-2)17-23(29)18-32-24-9-5-6-19(12-24)15-27-22-7-3-4-8-22/h5-6,9,12-14,22-23,27,29H,3-4,7-8,10-11,15-18H2,1-2H3. The molecule has 1 heterocycles. The number of rotatable bonds is 10. The van der Waals surface area contributed by atoms with E-state index in [9.17, 15) is 5.11 Å². The first-order valence-electron chi connectivity index (χ1n) is 11.7. The fourth-order valence-electron chi connectivity index (χ4n) is 4.78. The fourth-order valence-corrected chi connectivity index (χ4v) is 4.78. The number of hydrogen-bond acceptors (Lipinski definition) is 6. The lowest BCUT2D eigenvalue weighted by Crippen LogP contribution is -2.38. The van der Waals surface area contributed by atoms with Gasteiger partial charge in [-0.3, -0.25) is 4.90 Å². The largest absolute Gasteiger partial charge is 0.493 e. The maximum atomic E-state index is 10.6. The van der Waals surface area contributed by atoms with Gasteiger partial charge in [0.25, 0.3) is 0 Å². The van der Waals surface area contributed by atoms with E-state index in [-0.39, 0.29) is 6.61 Å². The minimum absolute atomic E-state index is 0.287.